The third kappa shape index (κ3) is 5.17. The van der Waals surface area contributed by atoms with Gasteiger partial charge < -0.3 is 11.1 Å². The summed E-state index contributed by atoms with van der Waals surface area (Å²) in [6, 6.07) is 7.62. The SMILES string of the molecule is CC(C)C(C(=O)NCC(N)C1CC1)c1cccc(Cl)c1.Cl. The average molecular weight is 331 g/mol. The number of amides is 1. The van der Waals surface area contributed by atoms with Crippen molar-refractivity contribution in [2.45, 2.75) is 38.6 Å². The van der Waals surface area contributed by atoms with E-state index in [4.69, 9.17) is 17.3 Å². The van der Waals surface area contributed by atoms with E-state index in [0.717, 1.165) is 5.56 Å². The van der Waals surface area contributed by atoms with E-state index in [1.54, 1.807) is 0 Å². The van der Waals surface area contributed by atoms with Crippen LogP contribution in [0.25, 0.3) is 0 Å². The molecule has 0 saturated heterocycles. The predicted molar refractivity (Wildman–Crippen MR) is 90.0 cm³/mol. The first kappa shape index (κ1) is 18.3. The van der Waals surface area contributed by atoms with Gasteiger partial charge in [0.15, 0.2) is 0 Å². The number of nitrogens with two attached hydrogens (primary N) is 1. The van der Waals surface area contributed by atoms with Crippen LogP contribution >= 0.6 is 24.0 Å². The Morgan fingerprint density at radius 2 is 2.10 bits per heavy atom. The van der Waals surface area contributed by atoms with Crippen molar-refractivity contribution in [3.05, 3.63) is 34.9 Å². The Bertz CT molecular complexity index is 475. The largest absolute Gasteiger partial charge is 0.354 e. The van der Waals surface area contributed by atoms with Gasteiger partial charge >= 0.3 is 0 Å². The summed E-state index contributed by atoms with van der Waals surface area (Å²) in [6.45, 7) is 4.66. The number of halogens is 2. The van der Waals surface area contributed by atoms with Crippen LogP contribution in [0.3, 0.4) is 0 Å². The highest BCUT2D eigenvalue weighted by molar-refractivity contribution is 6.30. The molecule has 1 saturated carbocycles. The normalized spacial score (nSPS) is 17.0. The molecule has 1 fully saturated rings. The monoisotopic (exact) mass is 330 g/mol. The standard InChI is InChI=1S/C16H23ClN2O.ClH/c1-10(2)15(12-4-3-5-13(17)8-12)16(20)19-9-14(18)11-6-7-11;/h3-5,8,10-11,14-15H,6-7,9,18H2,1-2H3,(H,19,20);1H. The van der Waals surface area contributed by atoms with Gasteiger partial charge in [0, 0.05) is 17.6 Å². The summed E-state index contributed by atoms with van der Waals surface area (Å²) < 4.78 is 0. The Balaban J connectivity index is 0.00000220. The van der Waals surface area contributed by atoms with Gasteiger partial charge in [0.2, 0.25) is 5.91 Å². The van der Waals surface area contributed by atoms with Gasteiger partial charge in [0.25, 0.3) is 0 Å². The first-order chi connectivity index (χ1) is 9.49. The van der Waals surface area contributed by atoms with Crippen LogP contribution in [0.2, 0.25) is 5.02 Å². The Labute approximate surface area is 138 Å². The number of hydrogen-bond donors (Lipinski definition) is 2. The predicted octanol–water partition coefficient (Wildman–Crippen LogP) is 3.35. The lowest BCUT2D eigenvalue weighted by Gasteiger charge is -2.22. The number of nitrogens with one attached hydrogen (secondary N) is 1. The highest BCUT2D eigenvalue weighted by Crippen LogP contribution is 2.31. The maximum absolute atomic E-state index is 12.4. The molecule has 0 aromatic heterocycles. The summed E-state index contributed by atoms with van der Waals surface area (Å²) in [5.74, 6) is 0.669. The van der Waals surface area contributed by atoms with Crippen LogP contribution in [0.5, 0.6) is 0 Å². The van der Waals surface area contributed by atoms with Crippen LogP contribution in [0, 0.1) is 11.8 Å². The number of benzene rings is 1. The molecule has 0 spiro atoms. The van der Waals surface area contributed by atoms with Crippen molar-refractivity contribution in [3.63, 3.8) is 0 Å². The van der Waals surface area contributed by atoms with Crippen molar-refractivity contribution in [2.75, 3.05) is 6.54 Å². The second-order valence-corrected chi connectivity index (χ2v) is 6.46. The molecule has 5 heteroatoms. The minimum Gasteiger partial charge on any atom is -0.354 e. The highest BCUT2D eigenvalue weighted by Gasteiger charge is 2.30. The number of hydrogen-bond acceptors (Lipinski definition) is 2. The first-order valence-corrected chi connectivity index (χ1v) is 7.65. The quantitative estimate of drug-likeness (QED) is 0.840. The summed E-state index contributed by atoms with van der Waals surface area (Å²) >= 11 is 6.02. The molecule has 21 heavy (non-hydrogen) atoms. The topological polar surface area (TPSA) is 55.1 Å². The lowest BCUT2D eigenvalue weighted by atomic mass is 9.87. The van der Waals surface area contributed by atoms with Crippen LogP contribution in [0.15, 0.2) is 24.3 Å². The Morgan fingerprint density at radius 3 is 2.62 bits per heavy atom. The zero-order chi connectivity index (χ0) is 14.7. The van der Waals surface area contributed by atoms with E-state index in [0.29, 0.717) is 17.5 Å². The molecule has 1 amide bonds. The number of rotatable bonds is 6. The molecule has 3 N–H and O–H groups in total. The summed E-state index contributed by atoms with van der Waals surface area (Å²) in [7, 11) is 0. The molecule has 2 atom stereocenters. The van der Waals surface area contributed by atoms with Gasteiger partial charge in [-0.25, -0.2) is 0 Å². The van der Waals surface area contributed by atoms with Gasteiger partial charge in [-0.15, -0.1) is 12.4 Å². The summed E-state index contributed by atoms with van der Waals surface area (Å²) in [6.07, 6.45) is 2.39. The van der Waals surface area contributed by atoms with Crippen LogP contribution in [-0.4, -0.2) is 18.5 Å². The molecule has 1 aliphatic rings. The zero-order valence-corrected chi connectivity index (χ0v) is 14.1. The van der Waals surface area contributed by atoms with Crippen molar-refractivity contribution in [3.8, 4) is 0 Å². The fourth-order valence-corrected chi connectivity index (χ4v) is 2.76. The van der Waals surface area contributed by atoms with Crippen molar-refractivity contribution >= 4 is 29.9 Å². The van der Waals surface area contributed by atoms with Crippen molar-refractivity contribution in [2.24, 2.45) is 17.6 Å². The third-order valence-corrected chi connectivity index (χ3v) is 4.13. The van der Waals surface area contributed by atoms with Crippen molar-refractivity contribution in [1.82, 2.24) is 5.32 Å². The molecule has 1 aliphatic carbocycles. The maximum Gasteiger partial charge on any atom is 0.227 e. The zero-order valence-electron chi connectivity index (χ0n) is 12.5. The smallest absolute Gasteiger partial charge is 0.227 e. The van der Waals surface area contributed by atoms with E-state index in [-0.39, 0.29) is 36.2 Å². The summed E-state index contributed by atoms with van der Waals surface area (Å²) in [4.78, 5) is 12.4. The lowest BCUT2D eigenvalue weighted by Crippen LogP contribution is -2.41. The Hall–Kier alpha value is -0.770. The Morgan fingerprint density at radius 1 is 1.43 bits per heavy atom. The fraction of sp³-hybridized carbons (Fsp3) is 0.562. The van der Waals surface area contributed by atoms with Gasteiger partial charge in [0.05, 0.1) is 5.92 Å². The van der Waals surface area contributed by atoms with E-state index >= 15 is 0 Å². The molecule has 2 unspecified atom stereocenters. The lowest BCUT2D eigenvalue weighted by molar-refractivity contribution is -0.123. The molecule has 1 aromatic rings. The van der Waals surface area contributed by atoms with Crippen LogP contribution < -0.4 is 11.1 Å². The molecule has 3 nitrogen and oxygen atoms in total. The van der Waals surface area contributed by atoms with Crippen molar-refractivity contribution < 1.29 is 4.79 Å². The summed E-state index contributed by atoms with van der Waals surface area (Å²) in [5.41, 5.74) is 6.99. The van der Waals surface area contributed by atoms with Gasteiger partial charge in [-0.2, -0.15) is 0 Å². The molecule has 118 valence electrons. The van der Waals surface area contributed by atoms with E-state index in [1.807, 2.05) is 38.1 Å². The number of carbonyl (C=O) groups is 1. The third-order valence-electron chi connectivity index (χ3n) is 3.90. The number of carbonyl (C=O) groups excluding carboxylic acids is 1. The van der Waals surface area contributed by atoms with Gasteiger partial charge in [0.1, 0.15) is 0 Å². The van der Waals surface area contributed by atoms with Crippen LogP contribution in [0.1, 0.15) is 38.2 Å². The van der Waals surface area contributed by atoms with Crippen LogP contribution in [0.4, 0.5) is 0 Å². The van der Waals surface area contributed by atoms with E-state index in [2.05, 4.69) is 5.32 Å². The highest BCUT2D eigenvalue weighted by atomic mass is 35.5. The average Bonchev–Trinajstić information content (AvgIpc) is 3.20. The fourth-order valence-electron chi connectivity index (χ4n) is 2.56. The maximum atomic E-state index is 12.4. The molecule has 2 rings (SSSR count). The Kier molecular flexibility index (Phi) is 6.98. The van der Waals surface area contributed by atoms with Gasteiger partial charge in [-0.1, -0.05) is 37.6 Å². The molecular weight excluding hydrogens is 307 g/mol. The van der Waals surface area contributed by atoms with E-state index in [1.165, 1.54) is 12.8 Å². The minimum atomic E-state index is -0.180. The van der Waals surface area contributed by atoms with Crippen molar-refractivity contribution in [1.29, 1.82) is 0 Å². The molecule has 0 bridgehead atoms. The molecule has 0 aliphatic heterocycles. The van der Waals surface area contributed by atoms with E-state index in [9.17, 15) is 4.79 Å². The van der Waals surface area contributed by atoms with Crippen LogP contribution in [-0.2, 0) is 4.79 Å². The molecule has 1 aromatic carbocycles. The molecule has 0 radical (unpaired) electrons. The first-order valence-electron chi connectivity index (χ1n) is 7.27. The molecular formula is C16H24Cl2N2O. The van der Waals surface area contributed by atoms with Gasteiger partial charge in [-0.05, 0) is 42.4 Å². The van der Waals surface area contributed by atoms with E-state index < -0.39 is 0 Å². The minimum absolute atomic E-state index is 0. The summed E-state index contributed by atoms with van der Waals surface area (Å²) in [5, 5.41) is 3.66. The second-order valence-electron chi connectivity index (χ2n) is 6.02. The second kappa shape index (κ2) is 8.02. The van der Waals surface area contributed by atoms with Gasteiger partial charge in [-0.3, -0.25) is 4.79 Å². The molecule has 0 heterocycles.